The van der Waals surface area contributed by atoms with E-state index in [4.69, 9.17) is 0 Å². The van der Waals surface area contributed by atoms with Crippen molar-refractivity contribution >= 4 is 0 Å². The van der Waals surface area contributed by atoms with Crippen molar-refractivity contribution in [2.45, 2.75) is 71.0 Å². The van der Waals surface area contributed by atoms with Gasteiger partial charge >= 0.3 is 0 Å². The lowest BCUT2D eigenvalue weighted by molar-refractivity contribution is 0.0484. The van der Waals surface area contributed by atoms with Gasteiger partial charge in [-0.1, -0.05) is 50.6 Å². The topological polar surface area (TPSA) is 15.3 Å². The molecule has 0 aliphatic carbocycles. The van der Waals surface area contributed by atoms with Gasteiger partial charge in [-0.3, -0.25) is 4.90 Å². The Morgan fingerprint density at radius 1 is 1.29 bits per heavy atom. The third-order valence-electron chi connectivity index (χ3n) is 5.13. The molecule has 2 heteroatoms. The molecule has 3 atom stereocenters. The van der Waals surface area contributed by atoms with Crippen molar-refractivity contribution in [2.75, 3.05) is 13.1 Å². The number of nitrogens with zero attached hydrogens (tertiary/aromatic N) is 1. The first kappa shape index (κ1) is 16.5. The summed E-state index contributed by atoms with van der Waals surface area (Å²) in [6.45, 7) is 11.6. The molecule has 1 aliphatic heterocycles. The van der Waals surface area contributed by atoms with Crippen LogP contribution in [0.2, 0.25) is 0 Å². The Morgan fingerprint density at radius 2 is 2.00 bits per heavy atom. The van der Waals surface area contributed by atoms with Gasteiger partial charge in [-0.05, 0) is 38.7 Å². The lowest BCUT2D eigenvalue weighted by atomic mass is 9.89. The average Bonchev–Trinajstić information content (AvgIpc) is 2.50. The van der Waals surface area contributed by atoms with Gasteiger partial charge in [-0.2, -0.15) is 0 Å². The minimum absolute atomic E-state index is 0.273. The van der Waals surface area contributed by atoms with Crippen LogP contribution in [0.25, 0.3) is 0 Å². The highest BCUT2D eigenvalue weighted by Crippen LogP contribution is 2.24. The highest BCUT2D eigenvalue weighted by molar-refractivity contribution is 5.17. The lowest BCUT2D eigenvalue weighted by Gasteiger charge is -2.48. The minimum Gasteiger partial charge on any atom is -0.309 e. The van der Waals surface area contributed by atoms with Crippen molar-refractivity contribution in [3.8, 4) is 0 Å². The van der Waals surface area contributed by atoms with Crippen LogP contribution in [-0.4, -0.2) is 35.6 Å². The maximum atomic E-state index is 3.80. The first-order chi connectivity index (χ1) is 10.1. The molecule has 2 rings (SSSR count). The number of rotatable bonds is 6. The largest absolute Gasteiger partial charge is 0.309 e. The molecule has 3 unspecified atom stereocenters. The van der Waals surface area contributed by atoms with Crippen molar-refractivity contribution in [2.24, 2.45) is 0 Å². The number of benzene rings is 1. The highest BCUT2D eigenvalue weighted by Gasteiger charge is 2.36. The van der Waals surface area contributed by atoms with Gasteiger partial charge in [0.1, 0.15) is 0 Å². The summed E-state index contributed by atoms with van der Waals surface area (Å²) < 4.78 is 0. The molecule has 1 saturated heterocycles. The Kier molecular flexibility index (Phi) is 5.83. The van der Waals surface area contributed by atoms with Crippen molar-refractivity contribution in [1.29, 1.82) is 0 Å². The fraction of sp³-hybridized carbons (Fsp3) is 0.684. The maximum Gasteiger partial charge on any atom is 0.0278 e. The fourth-order valence-corrected chi connectivity index (χ4v) is 3.48. The predicted molar refractivity (Wildman–Crippen MR) is 91.7 cm³/mol. The van der Waals surface area contributed by atoms with Crippen LogP contribution in [-0.2, 0) is 6.42 Å². The number of piperazine rings is 1. The van der Waals surface area contributed by atoms with Gasteiger partial charge in [-0.25, -0.2) is 0 Å². The van der Waals surface area contributed by atoms with E-state index >= 15 is 0 Å². The molecule has 1 fully saturated rings. The first-order valence-corrected chi connectivity index (χ1v) is 8.62. The van der Waals surface area contributed by atoms with E-state index in [9.17, 15) is 0 Å². The summed E-state index contributed by atoms with van der Waals surface area (Å²) >= 11 is 0. The molecule has 0 amide bonds. The van der Waals surface area contributed by atoms with Crippen LogP contribution >= 0.6 is 0 Å². The number of hydrogen-bond donors (Lipinski definition) is 1. The Hall–Kier alpha value is -0.860. The summed E-state index contributed by atoms with van der Waals surface area (Å²) in [5.74, 6) is 0. The molecule has 21 heavy (non-hydrogen) atoms. The molecule has 1 heterocycles. The van der Waals surface area contributed by atoms with Crippen LogP contribution in [0, 0.1) is 0 Å². The Bertz CT molecular complexity index is 417. The lowest BCUT2D eigenvalue weighted by Crippen LogP contribution is -2.64. The second-order valence-corrected chi connectivity index (χ2v) is 6.95. The second-order valence-electron chi connectivity index (χ2n) is 6.95. The molecule has 0 radical (unpaired) electrons. The smallest absolute Gasteiger partial charge is 0.0278 e. The molecule has 1 aromatic rings. The van der Waals surface area contributed by atoms with Crippen LogP contribution in [0.4, 0.5) is 0 Å². The zero-order valence-electron chi connectivity index (χ0n) is 14.2. The van der Waals surface area contributed by atoms with Gasteiger partial charge < -0.3 is 5.32 Å². The maximum absolute atomic E-state index is 3.80. The number of nitrogens with one attached hydrogen (secondary N) is 1. The van der Waals surface area contributed by atoms with Gasteiger partial charge in [0, 0.05) is 30.7 Å². The van der Waals surface area contributed by atoms with Gasteiger partial charge in [0.25, 0.3) is 0 Å². The van der Waals surface area contributed by atoms with Crippen molar-refractivity contribution in [3.05, 3.63) is 35.9 Å². The van der Waals surface area contributed by atoms with Gasteiger partial charge in [0.15, 0.2) is 0 Å². The van der Waals surface area contributed by atoms with Gasteiger partial charge in [-0.15, -0.1) is 0 Å². The van der Waals surface area contributed by atoms with Crippen LogP contribution in [0.3, 0.4) is 0 Å². The molecule has 0 saturated carbocycles. The third kappa shape index (κ3) is 4.31. The molecule has 1 aromatic carbocycles. The quantitative estimate of drug-likeness (QED) is 0.855. The van der Waals surface area contributed by atoms with Crippen molar-refractivity contribution in [1.82, 2.24) is 10.2 Å². The molecule has 118 valence electrons. The van der Waals surface area contributed by atoms with Crippen LogP contribution < -0.4 is 5.32 Å². The number of hydrogen-bond acceptors (Lipinski definition) is 2. The Balaban J connectivity index is 2.10. The highest BCUT2D eigenvalue weighted by atomic mass is 15.3. The van der Waals surface area contributed by atoms with E-state index in [0.29, 0.717) is 12.1 Å². The molecule has 0 bridgehead atoms. The van der Waals surface area contributed by atoms with E-state index in [-0.39, 0.29) is 5.54 Å². The van der Waals surface area contributed by atoms with Crippen LogP contribution in [0.5, 0.6) is 0 Å². The van der Waals surface area contributed by atoms with Crippen LogP contribution in [0.1, 0.15) is 52.5 Å². The van der Waals surface area contributed by atoms with E-state index in [1.807, 2.05) is 0 Å². The van der Waals surface area contributed by atoms with E-state index in [0.717, 1.165) is 13.0 Å². The third-order valence-corrected chi connectivity index (χ3v) is 5.13. The molecule has 0 aromatic heterocycles. The van der Waals surface area contributed by atoms with Gasteiger partial charge in [0.2, 0.25) is 0 Å². The summed E-state index contributed by atoms with van der Waals surface area (Å²) in [6.07, 6.45) is 4.92. The molecule has 1 aliphatic rings. The van der Waals surface area contributed by atoms with E-state index in [2.05, 4.69) is 68.2 Å². The minimum atomic E-state index is 0.273. The molecule has 1 N–H and O–H groups in total. The van der Waals surface area contributed by atoms with Crippen LogP contribution in [0.15, 0.2) is 30.3 Å². The molecular weight excluding hydrogens is 256 g/mol. The monoisotopic (exact) mass is 288 g/mol. The van der Waals surface area contributed by atoms with E-state index < -0.39 is 0 Å². The summed E-state index contributed by atoms with van der Waals surface area (Å²) in [6, 6.07) is 12.2. The SMILES string of the molecule is CCCC(C)N1CC(C)(CC)NCC1Cc1ccccc1. The molecule has 2 nitrogen and oxygen atoms in total. The standard InChI is InChI=1S/C19H32N2/c1-5-10-16(3)21-15-19(4,6-2)20-14-18(21)13-17-11-8-7-9-12-17/h7-9,11-12,16,18,20H,5-6,10,13-15H2,1-4H3. The summed E-state index contributed by atoms with van der Waals surface area (Å²) in [7, 11) is 0. The van der Waals surface area contributed by atoms with Crippen molar-refractivity contribution < 1.29 is 0 Å². The normalized spacial score (nSPS) is 28.5. The average molecular weight is 288 g/mol. The van der Waals surface area contributed by atoms with Gasteiger partial charge in [0.05, 0.1) is 0 Å². The first-order valence-electron chi connectivity index (χ1n) is 8.62. The fourth-order valence-electron chi connectivity index (χ4n) is 3.48. The second kappa shape index (κ2) is 7.42. The zero-order chi connectivity index (χ0) is 15.3. The molecular formula is C19H32N2. The summed E-state index contributed by atoms with van der Waals surface area (Å²) in [5, 5.41) is 3.80. The molecule has 0 spiro atoms. The summed E-state index contributed by atoms with van der Waals surface area (Å²) in [4.78, 5) is 2.76. The Morgan fingerprint density at radius 3 is 2.62 bits per heavy atom. The van der Waals surface area contributed by atoms with E-state index in [1.165, 1.54) is 31.4 Å². The Labute approximate surface area is 130 Å². The van der Waals surface area contributed by atoms with Crippen molar-refractivity contribution in [3.63, 3.8) is 0 Å². The predicted octanol–water partition coefficient (Wildman–Crippen LogP) is 3.86. The summed E-state index contributed by atoms with van der Waals surface area (Å²) in [5.41, 5.74) is 1.73. The zero-order valence-corrected chi connectivity index (χ0v) is 14.2. The van der Waals surface area contributed by atoms with E-state index in [1.54, 1.807) is 0 Å².